The van der Waals surface area contributed by atoms with Crippen LogP contribution in [0, 0.1) is 11.8 Å². The molecule has 0 aliphatic carbocycles. The van der Waals surface area contributed by atoms with Gasteiger partial charge in [0.2, 0.25) is 0 Å². The summed E-state index contributed by atoms with van der Waals surface area (Å²) in [7, 11) is -9.90. The SMILES string of the molecule is CCCCCCCCCCCCCCCC(=O)OC[C@H](COP(=O)(O)OC[C@@H](O)COP(=O)(O)OC[C@@H](COC(=O)CCCCCCCCC)OC(=O)CCCCCCCCCCCC(C)C)OC(=O)CCCCCCCCCCCCCCCCCC(C)C. The number of ether oxygens (including phenoxy) is 4. The highest BCUT2D eigenvalue weighted by atomic mass is 31.2. The van der Waals surface area contributed by atoms with Crippen LogP contribution in [-0.2, 0) is 65.4 Å². The van der Waals surface area contributed by atoms with Crippen LogP contribution in [0.15, 0.2) is 0 Å². The van der Waals surface area contributed by atoms with Crippen LogP contribution in [0.1, 0.15) is 363 Å². The molecule has 0 aromatic carbocycles. The predicted octanol–water partition coefficient (Wildman–Crippen LogP) is 20.4. The average Bonchev–Trinajstić information content (AvgIpc) is 3.69. The number of carbonyl (C=O) groups is 4. The number of hydrogen-bond donors (Lipinski definition) is 3. The molecule has 0 aromatic heterocycles. The molecule has 5 atom stereocenters. The van der Waals surface area contributed by atoms with Gasteiger partial charge in [-0.25, -0.2) is 9.13 Å². The largest absolute Gasteiger partial charge is 0.472 e. The number of aliphatic hydroxyl groups excluding tert-OH is 1. The highest BCUT2D eigenvalue weighted by Crippen LogP contribution is 2.45. The summed E-state index contributed by atoms with van der Waals surface area (Å²) in [5.74, 6) is -0.587. The first kappa shape index (κ1) is 88.1. The Morgan fingerprint density at radius 1 is 0.300 bits per heavy atom. The third kappa shape index (κ3) is 64.8. The Kier molecular flexibility index (Phi) is 61.8. The maximum absolute atomic E-state index is 13.0. The molecule has 0 spiro atoms. The van der Waals surface area contributed by atoms with E-state index in [2.05, 4.69) is 41.5 Å². The van der Waals surface area contributed by atoms with E-state index >= 15 is 0 Å². The molecule has 19 heteroatoms. The monoisotopic (exact) mass is 1320 g/mol. The van der Waals surface area contributed by atoms with Gasteiger partial charge in [-0.1, -0.05) is 311 Å². The molecule has 2 unspecified atom stereocenters. The molecule has 0 rings (SSSR count). The Morgan fingerprint density at radius 3 is 0.756 bits per heavy atom. The molecule has 0 heterocycles. The molecule has 0 aromatic rings. The van der Waals surface area contributed by atoms with Crippen molar-refractivity contribution in [1.29, 1.82) is 0 Å². The summed E-state index contributed by atoms with van der Waals surface area (Å²) in [5.41, 5.74) is 0. The normalized spacial score (nSPS) is 14.1. The molecule has 0 fully saturated rings. The molecule has 0 bridgehead atoms. The van der Waals surface area contributed by atoms with E-state index in [1.54, 1.807) is 0 Å². The fraction of sp³-hybridized carbons (Fsp3) is 0.944. The second-order valence-corrected chi connectivity index (χ2v) is 29.5. The zero-order chi connectivity index (χ0) is 66.5. The molecule has 0 radical (unpaired) electrons. The van der Waals surface area contributed by atoms with Gasteiger partial charge in [0.25, 0.3) is 0 Å². The van der Waals surface area contributed by atoms with Gasteiger partial charge in [0.1, 0.15) is 19.3 Å². The van der Waals surface area contributed by atoms with Crippen LogP contribution in [0.2, 0.25) is 0 Å². The summed E-state index contributed by atoms with van der Waals surface area (Å²) in [6.45, 7) is 9.52. The molecule has 3 N–H and O–H groups in total. The van der Waals surface area contributed by atoms with Gasteiger partial charge in [-0.15, -0.1) is 0 Å². The lowest BCUT2D eigenvalue weighted by molar-refractivity contribution is -0.161. The third-order valence-corrected chi connectivity index (χ3v) is 18.4. The van der Waals surface area contributed by atoms with Crippen molar-refractivity contribution in [3.8, 4) is 0 Å². The lowest BCUT2D eigenvalue weighted by Gasteiger charge is -2.21. The second-order valence-electron chi connectivity index (χ2n) is 26.6. The Labute approximate surface area is 549 Å². The molecule has 0 saturated heterocycles. The van der Waals surface area contributed by atoms with Crippen molar-refractivity contribution < 1.29 is 80.2 Å². The van der Waals surface area contributed by atoms with Crippen LogP contribution in [0.3, 0.4) is 0 Å². The molecule has 0 saturated carbocycles. The number of carbonyl (C=O) groups excluding carboxylic acids is 4. The van der Waals surface area contributed by atoms with Crippen molar-refractivity contribution in [3.05, 3.63) is 0 Å². The summed E-state index contributed by atoms with van der Waals surface area (Å²) in [5, 5.41) is 10.6. The van der Waals surface area contributed by atoms with Crippen LogP contribution < -0.4 is 0 Å². The smallest absolute Gasteiger partial charge is 0.462 e. The highest BCUT2D eigenvalue weighted by Gasteiger charge is 2.30. The van der Waals surface area contributed by atoms with Gasteiger partial charge in [-0.05, 0) is 37.5 Å². The molecule has 90 heavy (non-hydrogen) atoms. The van der Waals surface area contributed by atoms with Gasteiger partial charge in [-0.2, -0.15) is 0 Å². The summed E-state index contributed by atoms with van der Waals surface area (Å²) < 4.78 is 68.2. The van der Waals surface area contributed by atoms with E-state index in [1.807, 2.05) is 0 Å². The number of phosphoric acid groups is 2. The first-order valence-electron chi connectivity index (χ1n) is 37.0. The number of phosphoric ester groups is 2. The third-order valence-electron chi connectivity index (χ3n) is 16.5. The maximum atomic E-state index is 13.0. The summed E-state index contributed by atoms with van der Waals surface area (Å²) >= 11 is 0. The Morgan fingerprint density at radius 2 is 0.511 bits per heavy atom. The van der Waals surface area contributed by atoms with E-state index in [4.69, 9.17) is 37.0 Å². The fourth-order valence-electron chi connectivity index (χ4n) is 10.8. The van der Waals surface area contributed by atoms with Crippen LogP contribution >= 0.6 is 15.6 Å². The Balaban J connectivity index is 5.19. The van der Waals surface area contributed by atoms with Gasteiger partial charge in [0.05, 0.1) is 26.4 Å². The van der Waals surface area contributed by atoms with E-state index in [0.29, 0.717) is 25.7 Å². The molecular weight excluding hydrogens is 1190 g/mol. The Bertz CT molecular complexity index is 1750. The van der Waals surface area contributed by atoms with Gasteiger partial charge < -0.3 is 33.8 Å². The lowest BCUT2D eigenvalue weighted by atomic mass is 10.0. The maximum Gasteiger partial charge on any atom is 0.472 e. The molecule has 0 amide bonds. The predicted molar refractivity (Wildman–Crippen MR) is 363 cm³/mol. The zero-order valence-corrected chi connectivity index (χ0v) is 60.2. The number of aliphatic hydroxyl groups is 1. The summed E-state index contributed by atoms with van der Waals surface area (Å²) in [6.07, 6.45) is 48.7. The molecule has 0 aliphatic rings. The van der Waals surface area contributed by atoms with Crippen LogP contribution in [0.25, 0.3) is 0 Å². The van der Waals surface area contributed by atoms with Crippen molar-refractivity contribution in [1.82, 2.24) is 0 Å². The quantitative estimate of drug-likeness (QED) is 0.0222. The zero-order valence-electron chi connectivity index (χ0n) is 58.4. The molecule has 17 nitrogen and oxygen atoms in total. The van der Waals surface area contributed by atoms with Gasteiger partial charge in [0.15, 0.2) is 12.2 Å². The number of esters is 4. The minimum atomic E-state index is -4.95. The van der Waals surface area contributed by atoms with Crippen LogP contribution in [0.4, 0.5) is 0 Å². The molecule has 0 aliphatic heterocycles. The van der Waals surface area contributed by atoms with E-state index in [9.17, 15) is 43.2 Å². The topological polar surface area (TPSA) is 237 Å². The lowest BCUT2D eigenvalue weighted by Crippen LogP contribution is -2.30. The van der Waals surface area contributed by atoms with Crippen LogP contribution in [-0.4, -0.2) is 96.7 Å². The van der Waals surface area contributed by atoms with Crippen molar-refractivity contribution >= 4 is 39.5 Å². The van der Waals surface area contributed by atoms with Crippen molar-refractivity contribution in [2.75, 3.05) is 39.6 Å². The summed E-state index contributed by atoms with van der Waals surface area (Å²) in [6, 6.07) is 0. The Hall–Kier alpha value is -1.94. The standard InChI is InChI=1S/C71H138O17P2/c1-7-9-11-13-15-16-17-21-25-30-36-42-48-54-69(74)82-60-67(88-70(75)55-49-43-37-31-26-23-20-18-19-22-24-28-34-39-45-51-63(3)4)62-86-90(79,80)84-58-65(72)57-83-89(77,78)85-61-66(59-81-68(73)53-47-41-33-14-12-10-8-2)87-71(76)56-50-44-38-32-27-29-35-40-46-52-64(5)6/h63-67,72H,7-62H2,1-6H3,(H,77,78)(H,79,80)/t65-,66+,67+/m0/s1. The van der Waals surface area contributed by atoms with Crippen molar-refractivity contribution in [3.63, 3.8) is 0 Å². The van der Waals surface area contributed by atoms with Crippen molar-refractivity contribution in [2.45, 2.75) is 381 Å². The number of unbranched alkanes of at least 4 members (excludes halogenated alkanes) is 40. The highest BCUT2D eigenvalue weighted by molar-refractivity contribution is 7.47. The van der Waals surface area contributed by atoms with E-state index < -0.39 is 97.5 Å². The van der Waals surface area contributed by atoms with Crippen LogP contribution in [0.5, 0.6) is 0 Å². The average molecular weight is 1330 g/mol. The second kappa shape index (κ2) is 63.1. The van der Waals surface area contributed by atoms with Gasteiger partial charge in [0, 0.05) is 25.7 Å². The van der Waals surface area contributed by atoms with Crippen molar-refractivity contribution in [2.24, 2.45) is 11.8 Å². The van der Waals surface area contributed by atoms with E-state index in [-0.39, 0.29) is 25.7 Å². The van der Waals surface area contributed by atoms with E-state index in [0.717, 1.165) is 115 Å². The number of rotatable bonds is 70. The summed E-state index contributed by atoms with van der Waals surface area (Å²) in [4.78, 5) is 72.4. The van der Waals surface area contributed by atoms with Gasteiger partial charge >= 0.3 is 39.5 Å². The minimum absolute atomic E-state index is 0.105. The molecular formula is C71H138O17P2. The minimum Gasteiger partial charge on any atom is -0.462 e. The van der Waals surface area contributed by atoms with Gasteiger partial charge in [-0.3, -0.25) is 37.3 Å². The first-order valence-corrected chi connectivity index (χ1v) is 40.0. The van der Waals surface area contributed by atoms with E-state index in [1.165, 1.54) is 167 Å². The molecule has 534 valence electrons. The first-order chi connectivity index (χ1) is 43.4. The fourth-order valence-corrected chi connectivity index (χ4v) is 12.3. The number of hydrogen-bond acceptors (Lipinski definition) is 15.